The van der Waals surface area contributed by atoms with Gasteiger partial charge in [-0.15, -0.1) is 6.42 Å². The average Bonchev–Trinajstić information content (AvgIpc) is 2.33. The van der Waals surface area contributed by atoms with Crippen LogP contribution in [0.1, 0.15) is 12.0 Å². The van der Waals surface area contributed by atoms with E-state index in [2.05, 4.69) is 28.7 Å². The number of nitrogens with one attached hydrogen (secondary N) is 2. The minimum Gasteiger partial charge on any atom is -0.338 e. The standard InChI is InChI=1S/C13H16N2O/c1-2-10-14-13(16)15-11-6-9-12-7-4-3-5-8-12/h1,3-5,7-8H,6,9-11H2,(H2,14,15,16). The van der Waals surface area contributed by atoms with E-state index >= 15 is 0 Å². The Labute approximate surface area is 96.2 Å². The SMILES string of the molecule is C#CCNC(=O)NCCCc1ccccc1. The minimum absolute atomic E-state index is 0.203. The first-order valence-corrected chi connectivity index (χ1v) is 5.32. The summed E-state index contributed by atoms with van der Waals surface area (Å²) in [7, 11) is 0. The van der Waals surface area contributed by atoms with Crippen LogP contribution in [0.4, 0.5) is 4.79 Å². The number of hydrogen-bond acceptors (Lipinski definition) is 1. The summed E-state index contributed by atoms with van der Waals surface area (Å²) in [4.78, 5) is 11.1. The van der Waals surface area contributed by atoms with Crippen molar-refractivity contribution in [1.29, 1.82) is 0 Å². The van der Waals surface area contributed by atoms with Crippen LogP contribution in [0.3, 0.4) is 0 Å². The van der Waals surface area contributed by atoms with Gasteiger partial charge in [0.15, 0.2) is 0 Å². The van der Waals surface area contributed by atoms with Gasteiger partial charge in [-0.1, -0.05) is 36.3 Å². The molecule has 0 aromatic heterocycles. The topological polar surface area (TPSA) is 41.1 Å². The smallest absolute Gasteiger partial charge is 0.315 e. The van der Waals surface area contributed by atoms with Crippen molar-refractivity contribution in [3.8, 4) is 12.3 Å². The summed E-state index contributed by atoms with van der Waals surface area (Å²) in [5.41, 5.74) is 1.29. The second-order valence-corrected chi connectivity index (χ2v) is 3.40. The molecule has 1 aromatic rings. The highest BCUT2D eigenvalue weighted by molar-refractivity contribution is 5.74. The summed E-state index contributed by atoms with van der Waals surface area (Å²) in [5, 5.41) is 5.29. The first kappa shape index (κ1) is 12.1. The fraction of sp³-hybridized carbons (Fsp3) is 0.308. The van der Waals surface area contributed by atoms with Crippen LogP contribution in [0.2, 0.25) is 0 Å². The van der Waals surface area contributed by atoms with Gasteiger partial charge in [0.1, 0.15) is 0 Å². The number of carbonyl (C=O) groups excluding carboxylic acids is 1. The Hall–Kier alpha value is -1.95. The summed E-state index contributed by atoms with van der Waals surface area (Å²) in [5.74, 6) is 2.34. The van der Waals surface area contributed by atoms with E-state index in [0.717, 1.165) is 12.8 Å². The first-order valence-electron chi connectivity index (χ1n) is 5.32. The monoisotopic (exact) mass is 216 g/mol. The molecule has 0 unspecified atom stereocenters. The quantitative estimate of drug-likeness (QED) is 0.569. The molecule has 0 aliphatic carbocycles. The second-order valence-electron chi connectivity index (χ2n) is 3.40. The third-order valence-electron chi connectivity index (χ3n) is 2.12. The van der Waals surface area contributed by atoms with Gasteiger partial charge in [0.05, 0.1) is 6.54 Å². The maximum absolute atomic E-state index is 11.1. The maximum atomic E-state index is 11.1. The average molecular weight is 216 g/mol. The zero-order valence-corrected chi connectivity index (χ0v) is 9.20. The van der Waals surface area contributed by atoms with Crippen LogP contribution in [-0.4, -0.2) is 19.1 Å². The zero-order valence-electron chi connectivity index (χ0n) is 9.20. The highest BCUT2D eigenvalue weighted by Gasteiger charge is 1.97. The number of carbonyl (C=O) groups is 1. The van der Waals surface area contributed by atoms with Gasteiger partial charge in [0.25, 0.3) is 0 Å². The van der Waals surface area contributed by atoms with Crippen LogP contribution in [0.25, 0.3) is 0 Å². The molecule has 0 bridgehead atoms. The molecule has 0 saturated heterocycles. The van der Waals surface area contributed by atoms with E-state index in [1.807, 2.05) is 18.2 Å². The van der Waals surface area contributed by atoms with Crippen molar-refractivity contribution in [3.05, 3.63) is 35.9 Å². The zero-order chi connectivity index (χ0) is 11.6. The van der Waals surface area contributed by atoms with E-state index in [-0.39, 0.29) is 12.6 Å². The Kier molecular flexibility index (Phi) is 5.57. The molecule has 1 aromatic carbocycles. The van der Waals surface area contributed by atoms with Gasteiger partial charge in [0.2, 0.25) is 0 Å². The van der Waals surface area contributed by atoms with E-state index < -0.39 is 0 Å². The predicted octanol–water partition coefficient (Wildman–Crippen LogP) is 1.55. The summed E-state index contributed by atoms with van der Waals surface area (Å²) in [6.07, 6.45) is 6.91. The van der Waals surface area contributed by atoms with Crippen LogP contribution >= 0.6 is 0 Å². The molecule has 3 heteroatoms. The third kappa shape index (κ3) is 5.06. The van der Waals surface area contributed by atoms with Crippen molar-refractivity contribution < 1.29 is 4.79 Å². The van der Waals surface area contributed by atoms with Gasteiger partial charge < -0.3 is 10.6 Å². The summed E-state index contributed by atoms with van der Waals surface area (Å²) < 4.78 is 0. The maximum Gasteiger partial charge on any atom is 0.315 e. The summed E-state index contributed by atoms with van der Waals surface area (Å²) >= 11 is 0. The molecule has 1 rings (SSSR count). The first-order chi connectivity index (χ1) is 7.83. The third-order valence-corrected chi connectivity index (χ3v) is 2.12. The van der Waals surface area contributed by atoms with Crippen LogP contribution in [-0.2, 0) is 6.42 Å². The molecule has 2 N–H and O–H groups in total. The second kappa shape index (κ2) is 7.36. The Bertz CT molecular complexity index is 354. The highest BCUT2D eigenvalue weighted by Crippen LogP contribution is 2.01. The van der Waals surface area contributed by atoms with E-state index in [1.165, 1.54) is 5.56 Å². The molecular weight excluding hydrogens is 200 g/mol. The molecule has 2 amide bonds. The lowest BCUT2D eigenvalue weighted by Gasteiger charge is -2.05. The molecular formula is C13H16N2O. The molecule has 0 spiro atoms. The molecule has 0 radical (unpaired) electrons. The molecule has 3 nitrogen and oxygen atoms in total. The highest BCUT2D eigenvalue weighted by atomic mass is 16.2. The predicted molar refractivity (Wildman–Crippen MR) is 65.0 cm³/mol. The van der Waals surface area contributed by atoms with Gasteiger partial charge in [0, 0.05) is 6.54 Å². The van der Waals surface area contributed by atoms with E-state index in [0.29, 0.717) is 6.54 Å². The van der Waals surface area contributed by atoms with Gasteiger partial charge in [-0.05, 0) is 18.4 Å². The number of rotatable bonds is 5. The lowest BCUT2D eigenvalue weighted by Crippen LogP contribution is -2.36. The van der Waals surface area contributed by atoms with Gasteiger partial charge in [-0.3, -0.25) is 0 Å². The normalized spacial score (nSPS) is 9.19. The number of amides is 2. The number of terminal acetylenes is 1. The van der Waals surface area contributed by atoms with Crippen molar-refractivity contribution in [3.63, 3.8) is 0 Å². The van der Waals surface area contributed by atoms with Crippen molar-refractivity contribution in [2.24, 2.45) is 0 Å². The van der Waals surface area contributed by atoms with Crippen LogP contribution in [0, 0.1) is 12.3 Å². The van der Waals surface area contributed by atoms with Crippen LogP contribution in [0.5, 0.6) is 0 Å². The Morgan fingerprint density at radius 3 is 2.69 bits per heavy atom. The summed E-state index contributed by atoms with van der Waals surface area (Å²) in [6.45, 7) is 0.926. The molecule has 0 atom stereocenters. The molecule has 0 heterocycles. The van der Waals surface area contributed by atoms with Crippen molar-refractivity contribution in [2.75, 3.05) is 13.1 Å². The number of aryl methyl sites for hydroxylation is 1. The molecule has 0 aliphatic rings. The number of benzene rings is 1. The molecule has 0 fully saturated rings. The van der Waals surface area contributed by atoms with Gasteiger partial charge >= 0.3 is 6.03 Å². The van der Waals surface area contributed by atoms with E-state index in [9.17, 15) is 4.79 Å². The number of urea groups is 1. The van der Waals surface area contributed by atoms with Crippen LogP contribution in [0.15, 0.2) is 30.3 Å². The lowest BCUT2D eigenvalue weighted by atomic mass is 10.1. The van der Waals surface area contributed by atoms with Gasteiger partial charge in [-0.25, -0.2) is 4.79 Å². The Balaban J connectivity index is 2.08. The fourth-order valence-electron chi connectivity index (χ4n) is 1.33. The molecule has 0 saturated carbocycles. The van der Waals surface area contributed by atoms with E-state index in [1.54, 1.807) is 0 Å². The fourth-order valence-corrected chi connectivity index (χ4v) is 1.33. The summed E-state index contributed by atoms with van der Waals surface area (Å²) in [6, 6.07) is 9.99. The van der Waals surface area contributed by atoms with E-state index in [4.69, 9.17) is 6.42 Å². The van der Waals surface area contributed by atoms with Crippen molar-refractivity contribution in [1.82, 2.24) is 10.6 Å². The van der Waals surface area contributed by atoms with Gasteiger partial charge in [-0.2, -0.15) is 0 Å². The lowest BCUT2D eigenvalue weighted by molar-refractivity contribution is 0.242. The molecule has 16 heavy (non-hydrogen) atoms. The Morgan fingerprint density at radius 1 is 1.25 bits per heavy atom. The van der Waals surface area contributed by atoms with Crippen molar-refractivity contribution >= 4 is 6.03 Å². The number of hydrogen-bond donors (Lipinski definition) is 2. The van der Waals surface area contributed by atoms with Crippen molar-refractivity contribution in [2.45, 2.75) is 12.8 Å². The minimum atomic E-state index is -0.203. The molecule has 0 aliphatic heterocycles. The largest absolute Gasteiger partial charge is 0.338 e. The van der Waals surface area contributed by atoms with Crippen LogP contribution < -0.4 is 10.6 Å². The molecule has 84 valence electrons. The Morgan fingerprint density at radius 2 is 2.00 bits per heavy atom.